The first kappa shape index (κ1) is 35.1. The highest BCUT2D eigenvalue weighted by Gasteiger charge is 2.23. The first-order chi connectivity index (χ1) is 22.5. The van der Waals surface area contributed by atoms with Crippen LogP contribution in [0.1, 0.15) is 61.4 Å². The molecule has 0 fully saturated rings. The number of thiocarbonyl (C=S) groups is 1. The maximum atomic E-state index is 12.7. The number of rotatable bonds is 17. The smallest absolute Gasteiger partial charge is 0.336 e. The van der Waals surface area contributed by atoms with Gasteiger partial charge in [-0.1, -0.05) is 24.4 Å². The minimum atomic E-state index is -1.14. The molecule has 0 unspecified atom stereocenters. The molecular weight excluding hydrogens is 620 g/mol. The largest absolute Gasteiger partial charge is 0.508 e. The Kier molecular flexibility index (Phi) is 12.1. The number of carbonyl (C=O) groups excluding carboxylic acids is 3. The first-order valence-corrected chi connectivity index (χ1v) is 15.9. The van der Waals surface area contributed by atoms with Crippen molar-refractivity contribution in [1.29, 1.82) is 0 Å². The third-order valence-electron chi connectivity index (χ3n) is 7.87. The highest BCUT2D eigenvalue weighted by molar-refractivity contribution is 7.80. The summed E-state index contributed by atoms with van der Waals surface area (Å²) in [5.74, 6) is -1.62. The van der Waals surface area contributed by atoms with Crippen LogP contribution in [0.3, 0.4) is 0 Å². The summed E-state index contributed by atoms with van der Waals surface area (Å²) in [6.45, 7) is 2.24. The van der Waals surface area contributed by atoms with Crippen LogP contribution in [0, 0.1) is 5.92 Å². The van der Waals surface area contributed by atoms with Crippen molar-refractivity contribution in [2.75, 3.05) is 20.1 Å². The first-order valence-electron chi connectivity index (χ1n) is 15.5. The number of phenolic OH excluding ortho intramolecular Hbond substituents is 1. The Morgan fingerprint density at radius 2 is 1.70 bits per heavy atom. The fraction of sp³-hybridized carbons (Fsp3) is 0.333. The van der Waals surface area contributed by atoms with E-state index in [0.717, 1.165) is 0 Å². The number of ketones is 2. The van der Waals surface area contributed by atoms with Gasteiger partial charge in [0.05, 0.1) is 11.5 Å². The molecule has 0 saturated heterocycles. The average molecular weight is 659 g/mol. The highest BCUT2D eigenvalue weighted by Crippen LogP contribution is 2.42. The summed E-state index contributed by atoms with van der Waals surface area (Å²) in [5, 5.41) is 26.6. The lowest BCUT2D eigenvalue weighted by molar-refractivity contribution is -0.129. The number of Topliss-reactive ketones (excluding diaryl/α,β-unsaturated/α-hetero) is 2. The molecule has 2 aromatic carbocycles. The van der Waals surface area contributed by atoms with E-state index < -0.39 is 11.9 Å². The Hall–Kier alpha value is -4.74. The second-order valence-electron chi connectivity index (χ2n) is 11.7. The van der Waals surface area contributed by atoms with E-state index in [0.29, 0.717) is 83.3 Å². The van der Waals surface area contributed by atoms with Crippen molar-refractivity contribution in [3.05, 3.63) is 75.9 Å². The average Bonchev–Trinajstić information content (AvgIpc) is 3.01. The summed E-state index contributed by atoms with van der Waals surface area (Å²) in [6, 6.07) is 14.0. The fourth-order valence-electron chi connectivity index (χ4n) is 5.62. The molecule has 2 aromatic rings. The molecule has 1 atom stereocenters. The van der Waals surface area contributed by atoms with Gasteiger partial charge in [0.1, 0.15) is 28.7 Å². The molecule has 47 heavy (non-hydrogen) atoms. The van der Waals surface area contributed by atoms with Crippen LogP contribution in [0.5, 0.6) is 5.75 Å². The van der Waals surface area contributed by atoms with Crippen LogP contribution in [-0.4, -0.2) is 58.7 Å². The highest BCUT2D eigenvalue weighted by atomic mass is 32.1. The lowest BCUT2D eigenvalue weighted by Crippen LogP contribution is -2.37. The number of benzene rings is 3. The molecule has 246 valence electrons. The molecule has 0 aromatic heterocycles. The molecular formula is C36H38N2O8S. The number of fused-ring (bicyclic) bond motifs is 2. The summed E-state index contributed by atoms with van der Waals surface area (Å²) < 4.78 is 5.89. The summed E-state index contributed by atoms with van der Waals surface area (Å²) in [4.78, 5) is 61.6. The number of hydrogen-bond donors (Lipinski definition) is 4. The Labute approximate surface area is 277 Å². The standard InChI is InChI=1S/C36H38N2O8S/c1-21(39)5-4-14-38-35(43)23(20-37-2)17-24(40)6-3-7-27(47)15-22-8-11-28(31(16-22)36(44)45)34-29-12-9-25(41)18-32(29)46-33-19-26(42)10-13-30(33)34/h8-13,16,18-19,23,37,41H,3-7,14-15,17,20H2,1-2H3,(H,38,43)(H,44,45)/t23-/m0/s1. The van der Waals surface area contributed by atoms with Crippen LogP contribution in [0.2, 0.25) is 0 Å². The maximum Gasteiger partial charge on any atom is 0.336 e. The molecule has 0 bridgehead atoms. The Morgan fingerprint density at radius 1 is 0.936 bits per heavy atom. The van der Waals surface area contributed by atoms with Gasteiger partial charge in [-0.15, -0.1) is 0 Å². The molecule has 0 spiro atoms. The van der Waals surface area contributed by atoms with Gasteiger partial charge in [0.15, 0.2) is 5.43 Å². The molecule has 10 nitrogen and oxygen atoms in total. The number of amides is 1. The van der Waals surface area contributed by atoms with Gasteiger partial charge in [-0.25, -0.2) is 4.79 Å². The zero-order chi connectivity index (χ0) is 34.1. The number of carboxylic acid groups (broad SMARTS) is 1. The van der Waals surface area contributed by atoms with Crippen LogP contribution in [0.15, 0.2) is 63.8 Å². The van der Waals surface area contributed by atoms with Gasteiger partial charge in [-0.3, -0.25) is 14.4 Å². The minimum absolute atomic E-state index is 0.0328. The van der Waals surface area contributed by atoms with Crippen LogP contribution < -0.4 is 16.1 Å². The topological polar surface area (TPSA) is 163 Å². The van der Waals surface area contributed by atoms with Crippen molar-refractivity contribution in [2.45, 2.75) is 51.9 Å². The second kappa shape index (κ2) is 16.2. The molecule has 4 N–H and O–H groups in total. The van der Waals surface area contributed by atoms with Gasteiger partial charge in [-0.2, -0.15) is 0 Å². The van der Waals surface area contributed by atoms with E-state index >= 15 is 0 Å². The third kappa shape index (κ3) is 9.40. The lowest BCUT2D eigenvalue weighted by atomic mass is 9.89. The van der Waals surface area contributed by atoms with Gasteiger partial charge in [0.25, 0.3) is 0 Å². The predicted molar refractivity (Wildman–Crippen MR) is 183 cm³/mol. The quantitative estimate of drug-likeness (QED) is 0.0662. The van der Waals surface area contributed by atoms with E-state index in [4.69, 9.17) is 16.6 Å². The van der Waals surface area contributed by atoms with Crippen molar-refractivity contribution >= 4 is 51.5 Å². The number of aromatic hydroxyl groups is 1. The van der Waals surface area contributed by atoms with Crippen molar-refractivity contribution in [3.8, 4) is 28.2 Å². The van der Waals surface area contributed by atoms with E-state index in [1.165, 1.54) is 31.2 Å². The van der Waals surface area contributed by atoms with E-state index in [1.807, 2.05) is 0 Å². The number of carboxylic acids is 1. The SMILES string of the molecule is CNC[C@H](CC(=O)CCCC(=S)Cc1ccc(-c2c3ccc(=O)cc-3oc3cc(O)ccc23)c(C(=O)O)c1)C(=O)NCCCC(C)=O. The number of nitrogens with one attached hydrogen (secondary N) is 2. The number of hydrogen-bond acceptors (Lipinski definition) is 9. The molecule has 1 aliphatic heterocycles. The normalized spacial score (nSPS) is 11.8. The molecule has 1 aliphatic carbocycles. The van der Waals surface area contributed by atoms with Crippen LogP contribution in [0.4, 0.5) is 0 Å². The lowest BCUT2D eigenvalue weighted by Gasteiger charge is -2.17. The van der Waals surface area contributed by atoms with Gasteiger partial charge in [0.2, 0.25) is 5.91 Å². The second-order valence-corrected chi connectivity index (χ2v) is 12.2. The molecule has 0 saturated carbocycles. The van der Waals surface area contributed by atoms with E-state index in [2.05, 4.69) is 10.6 Å². The van der Waals surface area contributed by atoms with Crippen LogP contribution in [0.25, 0.3) is 33.4 Å². The molecule has 2 aliphatic rings. The molecule has 11 heteroatoms. The van der Waals surface area contributed by atoms with Gasteiger partial charge in [-0.05, 0) is 79.6 Å². The van der Waals surface area contributed by atoms with Crippen LogP contribution in [-0.2, 0) is 20.8 Å². The van der Waals surface area contributed by atoms with E-state index in [-0.39, 0.29) is 52.8 Å². The third-order valence-corrected chi connectivity index (χ3v) is 8.22. The summed E-state index contributed by atoms with van der Waals surface area (Å²) >= 11 is 5.60. The van der Waals surface area contributed by atoms with Crippen molar-refractivity contribution in [2.24, 2.45) is 5.92 Å². The summed E-state index contributed by atoms with van der Waals surface area (Å²) in [6.07, 6.45) is 2.64. The van der Waals surface area contributed by atoms with E-state index in [9.17, 15) is 34.2 Å². The minimum Gasteiger partial charge on any atom is -0.508 e. The van der Waals surface area contributed by atoms with Crippen molar-refractivity contribution in [1.82, 2.24) is 10.6 Å². The monoisotopic (exact) mass is 658 g/mol. The maximum absolute atomic E-state index is 12.7. The Bertz CT molecular complexity index is 1850. The summed E-state index contributed by atoms with van der Waals surface area (Å²) in [5.41, 5.74) is 2.32. The molecule has 4 rings (SSSR count). The summed E-state index contributed by atoms with van der Waals surface area (Å²) in [7, 11) is 1.72. The van der Waals surface area contributed by atoms with Crippen LogP contribution >= 0.6 is 12.2 Å². The van der Waals surface area contributed by atoms with E-state index in [1.54, 1.807) is 37.4 Å². The number of carbonyl (C=O) groups is 4. The zero-order valence-electron chi connectivity index (χ0n) is 26.4. The Balaban J connectivity index is 1.43. The fourth-order valence-corrected chi connectivity index (χ4v) is 5.93. The van der Waals surface area contributed by atoms with Crippen molar-refractivity contribution < 1.29 is 33.8 Å². The van der Waals surface area contributed by atoms with Gasteiger partial charge >= 0.3 is 5.97 Å². The molecule has 1 heterocycles. The molecule has 1 amide bonds. The zero-order valence-corrected chi connectivity index (χ0v) is 27.2. The van der Waals surface area contributed by atoms with Gasteiger partial charge in [0, 0.05) is 67.4 Å². The van der Waals surface area contributed by atoms with Gasteiger partial charge < -0.3 is 30.1 Å². The Morgan fingerprint density at radius 3 is 2.43 bits per heavy atom. The number of aromatic carboxylic acids is 1. The predicted octanol–water partition coefficient (Wildman–Crippen LogP) is 5.33. The number of phenols is 1. The van der Waals surface area contributed by atoms with Crippen molar-refractivity contribution in [3.63, 3.8) is 0 Å². The molecule has 0 radical (unpaired) electrons.